The first kappa shape index (κ1) is 19.1. The van der Waals surface area contributed by atoms with Gasteiger partial charge in [-0.1, -0.05) is 23.8 Å². The highest BCUT2D eigenvalue weighted by Crippen LogP contribution is 2.33. The number of ether oxygens (including phenoxy) is 1. The van der Waals surface area contributed by atoms with Gasteiger partial charge in [-0.2, -0.15) is 0 Å². The second-order valence-corrected chi connectivity index (χ2v) is 6.07. The smallest absolute Gasteiger partial charge is 0.189 e. The first-order valence-electron chi connectivity index (χ1n) is 8.10. The van der Waals surface area contributed by atoms with E-state index < -0.39 is 0 Å². The van der Waals surface area contributed by atoms with Gasteiger partial charge >= 0.3 is 0 Å². The molecule has 0 radical (unpaired) electrons. The Bertz CT molecular complexity index is 874. The number of ketones is 1. The largest absolute Gasteiger partial charge is 0.507 e. The molecule has 0 aromatic heterocycles. The zero-order chi connectivity index (χ0) is 19.3. The summed E-state index contributed by atoms with van der Waals surface area (Å²) in [6.45, 7) is 3.91. The van der Waals surface area contributed by atoms with Crippen molar-refractivity contribution in [3.63, 3.8) is 0 Å². The molecule has 0 fully saturated rings. The van der Waals surface area contributed by atoms with E-state index in [4.69, 9.17) is 4.74 Å². The van der Waals surface area contributed by atoms with Gasteiger partial charge in [0.05, 0.1) is 12.7 Å². The Morgan fingerprint density at radius 3 is 2.42 bits per heavy atom. The molecule has 0 saturated carbocycles. The Kier molecular flexibility index (Phi) is 6.07. The van der Waals surface area contributed by atoms with Crippen molar-refractivity contribution in [1.82, 2.24) is 0 Å². The molecule has 0 bridgehead atoms. The van der Waals surface area contributed by atoms with Gasteiger partial charge in [0.2, 0.25) is 0 Å². The van der Waals surface area contributed by atoms with Crippen LogP contribution in [0.1, 0.15) is 35.3 Å². The lowest BCUT2D eigenvalue weighted by Gasteiger charge is -2.12. The summed E-state index contributed by atoms with van der Waals surface area (Å²) in [4.78, 5) is 12.5. The number of carbonyl (C=O) groups excluding carboxylic acids is 1. The number of rotatable bonds is 6. The third-order valence-corrected chi connectivity index (χ3v) is 3.87. The van der Waals surface area contributed by atoms with E-state index in [-0.39, 0.29) is 28.6 Å². The van der Waals surface area contributed by atoms with E-state index in [1.54, 1.807) is 12.1 Å². The summed E-state index contributed by atoms with van der Waals surface area (Å²) in [6, 6.07) is 7.41. The number of hydrogen-bond acceptors (Lipinski definition) is 5. The van der Waals surface area contributed by atoms with Crippen LogP contribution in [0.5, 0.6) is 23.0 Å². The molecule has 5 nitrogen and oxygen atoms in total. The molecule has 26 heavy (non-hydrogen) atoms. The molecule has 136 valence electrons. The Labute approximate surface area is 152 Å². The Balaban J connectivity index is 2.33. The predicted octanol–water partition coefficient (Wildman–Crippen LogP) is 4.22. The minimum atomic E-state index is -0.379. The monoisotopic (exact) mass is 354 g/mol. The second-order valence-electron chi connectivity index (χ2n) is 6.07. The first-order chi connectivity index (χ1) is 12.3. The fraction of sp³-hybridized carbons (Fsp3) is 0.190. The Morgan fingerprint density at radius 2 is 1.81 bits per heavy atom. The van der Waals surface area contributed by atoms with E-state index in [0.29, 0.717) is 23.3 Å². The molecule has 0 unspecified atom stereocenters. The van der Waals surface area contributed by atoms with Crippen molar-refractivity contribution < 1.29 is 24.9 Å². The standard InChI is InChI=1S/C21H22O5/c1-13(2)4-7-16-20(26-3)11-8-15(21(16)25)17(22)9-5-14-6-10-18(23)19(24)12-14/h4-6,8-12,23-25H,7H2,1-3H3. The lowest BCUT2D eigenvalue weighted by atomic mass is 10.0. The molecule has 0 amide bonds. The van der Waals surface area contributed by atoms with Gasteiger partial charge in [0.25, 0.3) is 0 Å². The molecule has 2 aromatic carbocycles. The molecule has 0 spiro atoms. The molecule has 2 rings (SSSR count). The zero-order valence-corrected chi connectivity index (χ0v) is 15.0. The Morgan fingerprint density at radius 1 is 1.08 bits per heavy atom. The zero-order valence-electron chi connectivity index (χ0n) is 15.0. The number of phenols is 3. The van der Waals surface area contributed by atoms with Crippen LogP contribution in [-0.2, 0) is 6.42 Å². The number of aromatic hydroxyl groups is 3. The van der Waals surface area contributed by atoms with E-state index in [2.05, 4.69) is 0 Å². The molecule has 0 aliphatic carbocycles. The van der Waals surface area contributed by atoms with Crippen LogP contribution in [0.2, 0.25) is 0 Å². The van der Waals surface area contributed by atoms with Crippen molar-refractivity contribution in [2.24, 2.45) is 0 Å². The second kappa shape index (κ2) is 8.25. The predicted molar refractivity (Wildman–Crippen MR) is 101 cm³/mol. The minimum absolute atomic E-state index is 0.106. The maximum Gasteiger partial charge on any atom is 0.189 e. The topological polar surface area (TPSA) is 87.0 Å². The molecule has 0 aliphatic rings. The number of hydrogen-bond donors (Lipinski definition) is 3. The maximum absolute atomic E-state index is 12.5. The van der Waals surface area contributed by atoms with Crippen molar-refractivity contribution in [3.05, 3.63) is 64.7 Å². The van der Waals surface area contributed by atoms with Crippen molar-refractivity contribution in [2.45, 2.75) is 20.3 Å². The maximum atomic E-state index is 12.5. The highest BCUT2D eigenvalue weighted by atomic mass is 16.5. The average Bonchev–Trinajstić information content (AvgIpc) is 2.60. The van der Waals surface area contributed by atoms with E-state index in [1.807, 2.05) is 19.9 Å². The number of benzene rings is 2. The Hall–Kier alpha value is -3.21. The number of phenolic OH excluding ortho intramolecular Hbond substituents is 3. The van der Waals surface area contributed by atoms with Crippen LogP contribution in [0.15, 0.2) is 48.1 Å². The summed E-state index contributed by atoms with van der Waals surface area (Å²) in [5.74, 6) is -0.466. The number of methoxy groups -OCH3 is 1. The van der Waals surface area contributed by atoms with Crippen LogP contribution in [-0.4, -0.2) is 28.2 Å². The normalized spacial score (nSPS) is 10.7. The van der Waals surface area contributed by atoms with Crippen LogP contribution in [0.3, 0.4) is 0 Å². The van der Waals surface area contributed by atoms with Gasteiger partial charge in [-0.3, -0.25) is 4.79 Å². The van der Waals surface area contributed by atoms with Crippen molar-refractivity contribution in [2.75, 3.05) is 7.11 Å². The lowest BCUT2D eigenvalue weighted by molar-refractivity contribution is 0.104. The van der Waals surface area contributed by atoms with Gasteiger partial charge < -0.3 is 20.1 Å². The summed E-state index contributed by atoms with van der Waals surface area (Å²) in [5.41, 5.74) is 2.36. The van der Waals surface area contributed by atoms with Gasteiger partial charge in [0.15, 0.2) is 17.3 Å². The minimum Gasteiger partial charge on any atom is -0.507 e. The molecule has 0 heterocycles. The number of allylic oxidation sites excluding steroid dienone is 3. The fourth-order valence-electron chi connectivity index (χ4n) is 2.42. The summed E-state index contributed by atoms with van der Waals surface area (Å²) in [6.07, 6.45) is 5.20. The highest BCUT2D eigenvalue weighted by molar-refractivity contribution is 6.09. The van der Waals surface area contributed by atoms with Crippen LogP contribution in [0, 0.1) is 0 Å². The van der Waals surface area contributed by atoms with Crippen LogP contribution in [0.25, 0.3) is 6.08 Å². The molecule has 3 N–H and O–H groups in total. The fourth-order valence-corrected chi connectivity index (χ4v) is 2.42. The van der Waals surface area contributed by atoms with Crippen molar-refractivity contribution >= 4 is 11.9 Å². The molecule has 2 aromatic rings. The highest BCUT2D eigenvalue weighted by Gasteiger charge is 2.16. The van der Waals surface area contributed by atoms with E-state index in [0.717, 1.165) is 5.57 Å². The van der Waals surface area contributed by atoms with Crippen LogP contribution in [0.4, 0.5) is 0 Å². The molecule has 0 saturated heterocycles. The van der Waals surface area contributed by atoms with Gasteiger partial charge in [-0.15, -0.1) is 0 Å². The third kappa shape index (κ3) is 4.45. The summed E-state index contributed by atoms with van der Waals surface area (Å²) in [7, 11) is 1.51. The summed E-state index contributed by atoms with van der Waals surface area (Å²) in [5, 5.41) is 29.3. The van der Waals surface area contributed by atoms with Gasteiger partial charge in [0.1, 0.15) is 11.5 Å². The quantitative estimate of drug-likeness (QED) is 0.313. The van der Waals surface area contributed by atoms with Crippen molar-refractivity contribution in [3.8, 4) is 23.0 Å². The summed E-state index contributed by atoms with van der Waals surface area (Å²) < 4.78 is 5.28. The molecule has 0 atom stereocenters. The van der Waals surface area contributed by atoms with Gasteiger partial charge in [-0.25, -0.2) is 0 Å². The SMILES string of the molecule is COc1ccc(C(=O)C=Cc2ccc(O)c(O)c2)c(O)c1CC=C(C)C. The van der Waals surface area contributed by atoms with Crippen LogP contribution >= 0.6 is 0 Å². The molecule has 5 heteroatoms. The molecular formula is C21H22O5. The van der Waals surface area contributed by atoms with Gasteiger partial charge in [0, 0.05) is 5.56 Å². The lowest BCUT2D eigenvalue weighted by Crippen LogP contribution is -2.00. The van der Waals surface area contributed by atoms with Crippen molar-refractivity contribution in [1.29, 1.82) is 0 Å². The molecular weight excluding hydrogens is 332 g/mol. The van der Waals surface area contributed by atoms with Gasteiger partial charge in [-0.05, 0) is 56.2 Å². The van der Waals surface area contributed by atoms with Crippen LogP contribution < -0.4 is 4.74 Å². The van der Waals surface area contributed by atoms with E-state index in [9.17, 15) is 20.1 Å². The number of carbonyl (C=O) groups is 1. The third-order valence-electron chi connectivity index (χ3n) is 3.87. The van der Waals surface area contributed by atoms with E-state index >= 15 is 0 Å². The van der Waals surface area contributed by atoms with E-state index in [1.165, 1.54) is 37.5 Å². The molecule has 0 aliphatic heterocycles. The first-order valence-corrected chi connectivity index (χ1v) is 8.10. The summed E-state index contributed by atoms with van der Waals surface area (Å²) >= 11 is 0. The average molecular weight is 354 g/mol.